The highest BCUT2D eigenvalue weighted by molar-refractivity contribution is 5.58. The van der Waals surface area contributed by atoms with Crippen LogP contribution in [0.1, 0.15) is 38.2 Å². The number of benzene rings is 1. The maximum Gasteiger partial charge on any atom is 0.142 e. The van der Waals surface area contributed by atoms with Gasteiger partial charge in [-0.2, -0.15) is 0 Å². The number of rotatable bonds is 8. The van der Waals surface area contributed by atoms with Gasteiger partial charge < -0.3 is 20.7 Å². The van der Waals surface area contributed by atoms with E-state index in [1.165, 1.54) is 44.5 Å². The van der Waals surface area contributed by atoms with Gasteiger partial charge in [0.05, 0.1) is 12.3 Å². The lowest BCUT2D eigenvalue weighted by atomic mass is 10.0. The van der Waals surface area contributed by atoms with Crippen molar-refractivity contribution >= 4 is 5.69 Å². The fourth-order valence-corrected chi connectivity index (χ4v) is 3.02. The summed E-state index contributed by atoms with van der Waals surface area (Å²) in [6, 6.07) is 6.96. The number of ether oxygens (including phenoxy) is 1. The highest BCUT2D eigenvalue weighted by atomic mass is 16.5. The average Bonchev–Trinajstić information content (AvgIpc) is 2.52. The molecule has 0 unspecified atom stereocenters. The Labute approximate surface area is 135 Å². The molecule has 3 N–H and O–H groups in total. The van der Waals surface area contributed by atoms with E-state index in [0.717, 1.165) is 24.4 Å². The smallest absolute Gasteiger partial charge is 0.142 e. The number of likely N-dealkylation sites (tertiary alicyclic amines) is 1. The lowest BCUT2D eigenvalue weighted by molar-refractivity contribution is 0.215. The van der Waals surface area contributed by atoms with E-state index in [2.05, 4.69) is 35.3 Å². The molecule has 0 aliphatic carbocycles. The van der Waals surface area contributed by atoms with E-state index >= 15 is 0 Å². The molecule has 1 heterocycles. The number of nitrogens with one attached hydrogen (secondary N) is 1. The number of nitrogens with two attached hydrogens (primary N) is 1. The third kappa shape index (κ3) is 5.18. The molecule has 1 aromatic carbocycles. The van der Waals surface area contributed by atoms with Gasteiger partial charge in [-0.15, -0.1) is 0 Å². The maximum atomic E-state index is 5.76. The van der Waals surface area contributed by atoms with Gasteiger partial charge in [-0.1, -0.05) is 6.07 Å². The van der Waals surface area contributed by atoms with Crippen LogP contribution in [0.2, 0.25) is 0 Å². The Balaban J connectivity index is 1.83. The number of piperidine rings is 1. The summed E-state index contributed by atoms with van der Waals surface area (Å²) in [5.41, 5.74) is 7.93. The van der Waals surface area contributed by atoms with Crippen molar-refractivity contribution in [3.8, 4) is 5.75 Å². The van der Waals surface area contributed by atoms with Crippen LogP contribution in [0.25, 0.3) is 0 Å². The normalized spacial score (nSPS) is 16.7. The molecule has 2 rings (SSSR count). The molecule has 0 spiro atoms. The van der Waals surface area contributed by atoms with E-state index in [-0.39, 0.29) is 0 Å². The van der Waals surface area contributed by atoms with Gasteiger partial charge in [0.2, 0.25) is 0 Å². The minimum absolute atomic E-state index is 0.549. The molecule has 1 aliphatic rings. The fraction of sp³-hybridized carbons (Fsp3) is 0.667. The standard InChI is InChI=1S/C18H31N3O/c1-3-22-18-14-15(2)6-7-17(18)20-16-8-12-21(13-9-16)11-5-4-10-19/h6-7,14,16,20H,3-5,8-13,19H2,1-2H3. The van der Waals surface area contributed by atoms with Crippen LogP contribution < -0.4 is 15.8 Å². The third-order valence-electron chi connectivity index (χ3n) is 4.31. The van der Waals surface area contributed by atoms with Crippen LogP contribution in [0.4, 0.5) is 5.69 Å². The summed E-state index contributed by atoms with van der Waals surface area (Å²) in [6.07, 6.45) is 4.75. The molecule has 1 saturated heterocycles. The first-order valence-electron chi connectivity index (χ1n) is 8.65. The van der Waals surface area contributed by atoms with E-state index in [0.29, 0.717) is 12.6 Å². The number of hydrogen-bond donors (Lipinski definition) is 2. The van der Waals surface area contributed by atoms with Gasteiger partial charge in [-0.25, -0.2) is 0 Å². The summed E-state index contributed by atoms with van der Waals surface area (Å²) in [6.45, 7) is 9.20. The van der Waals surface area contributed by atoms with Crippen LogP contribution >= 0.6 is 0 Å². The summed E-state index contributed by atoms with van der Waals surface area (Å²) in [5, 5.41) is 3.68. The first kappa shape index (κ1) is 17.1. The van der Waals surface area contributed by atoms with Gasteiger partial charge in [-0.05, 0) is 70.3 Å². The van der Waals surface area contributed by atoms with E-state index in [4.69, 9.17) is 10.5 Å². The van der Waals surface area contributed by atoms with Crippen molar-refractivity contribution in [3.05, 3.63) is 23.8 Å². The second-order valence-electron chi connectivity index (χ2n) is 6.19. The molecule has 4 nitrogen and oxygen atoms in total. The largest absolute Gasteiger partial charge is 0.492 e. The van der Waals surface area contributed by atoms with Gasteiger partial charge in [0.15, 0.2) is 0 Å². The monoisotopic (exact) mass is 305 g/mol. The predicted molar refractivity (Wildman–Crippen MR) is 93.7 cm³/mol. The topological polar surface area (TPSA) is 50.5 Å². The fourth-order valence-electron chi connectivity index (χ4n) is 3.02. The minimum atomic E-state index is 0.549. The van der Waals surface area contributed by atoms with E-state index in [9.17, 15) is 0 Å². The second-order valence-corrected chi connectivity index (χ2v) is 6.19. The van der Waals surface area contributed by atoms with Crippen LogP contribution in [-0.2, 0) is 0 Å². The van der Waals surface area contributed by atoms with Crippen LogP contribution in [0.15, 0.2) is 18.2 Å². The number of aryl methyl sites for hydroxylation is 1. The van der Waals surface area contributed by atoms with Crippen LogP contribution in [0.5, 0.6) is 5.75 Å². The van der Waals surface area contributed by atoms with Gasteiger partial charge in [0, 0.05) is 19.1 Å². The average molecular weight is 305 g/mol. The molecule has 1 aliphatic heterocycles. The zero-order chi connectivity index (χ0) is 15.8. The molecule has 124 valence electrons. The molecular weight excluding hydrogens is 274 g/mol. The van der Waals surface area contributed by atoms with Crippen molar-refractivity contribution in [3.63, 3.8) is 0 Å². The number of nitrogens with zero attached hydrogens (tertiary/aromatic N) is 1. The number of anilines is 1. The molecular formula is C18H31N3O. The molecule has 0 saturated carbocycles. The van der Waals surface area contributed by atoms with Crippen molar-refractivity contribution in [1.29, 1.82) is 0 Å². The summed E-state index contributed by atoms with van der Waals surface area (Å²) >= 11 is 0. The van der Waals surface area contributed by atoms with Crippen LogP contribution in [-0.4, -0.2) is 43.7 Å². The number of hydrogen-bond acceptors (Lipinski definition) is 4. The predicted octanol–water partition coefficient (Wildman–Crippen LogP) is 3.01. The molecule has 4 heteroatoms. The number of unbranched alkanes of at least 4 members (excludes halogenated alkanes) is 1. The molecule has 0 atom stereocenters. The SMILES string of the molecule is CCOc1cc(C)ccc1NC1CCN(CCCCN)CC1. The first-order valence-corrected chi connectivity index (χ1v) is 8.65. The molecule has 0 radical (unpaired) electrons. The summed E-state index contributed by atoms with van der Waals surface area (Å²) in [7, 11) is 0. The Morgan fingerprint density at radius 3 is 2.73 bits per heavy atom. The van der Waals surface area contributed by atoms with E-state index < -0.39 is 0 Å². The Hall–Kier alpha value is -1.26. The Kier molecular flexibility index (Phi) is 7.00. The Morgan fingerprint density at radius 2 is 2.05 bits per heavy atom. The second kappa shape index (κ2) is 9.01. The molecule has 0 bridgehead atoms. The minimum Gasteiger partial charge on any atom is -0.492 e. The van der Waals surface area contributed by atoms with E-state index in [1.54, 1.807) is 0 Å². The van der Waals surface area contributed by atoms with E-state index in [1.807, 2.05) is 6.92 Å². The zero-order valence-electron chi connectivity index (χ0n) is 14.1. The van der Waals surface area contributed by atoms with Crippen molar-refractivity contribution in [2.45, 2.75) is 45.6 Å². The van der Waals surface area contributed by atoms with Gasteiger partial charge >= 0.3 is 0 Å². The highest BCUT2D eigenvalue weighted by Gasteiger charge is 2.19. The van der Waals surface area contributed by atoms with Gasteiger partial charge in [-0.3, -0.25) is 0 Å². The summed E-state index contributed by atoms with van der Waals surface area (Å²) in [5.74, 6) is 0.980. The summed E-state index contributed by atoms with van der Waals surface area (Å²) < 4.78 is 5.76. The van der Waals surface area contributed by atoms with Crippen LogP contribution in [0, 0.1) is 6.92 Å². The quantitative estimate of drug-likeness (QED) is 0.725. The Bertz CT molecular complexity index is 442. The zero-order valence-corrected chi connectivity index (χ0v) is 14.1. The third-order valence-corrected chi connectivity index (χ3v) is 4.31. The summed E-state index contributed by atoms with van der Waals surface area (Å²) in [4.78, 5) is 2.56. The van der Waals surface area contributed by atoms with Crippen molar-refractivity contribution in [1.82, 2.24) is 4.90 Å². The van der Waals surface area contributed by atoms with Crippen LogP contribution in [0.3, 0.4) is 0 Å². The first-order chi connectivity index (χ1) is 10.7. The highest BCUT2D eigenvalue weighted by Crippen LogP contribution is 2.28. The van der Waals surface area contributed by atoms with Crippen molar-refractivity contribution < 1.29 is 4.74 Å². The molecule has 1 fully saturated rings. The molecule has 1 aromatic rings. The van der Waals surface area contributed by atoms with Gasteiger partial charge in [0.1, 0.15) is 5.75 Å². The van der Waals surface area contributed by atoms with Crippen molar-refractivity contribution in [2.24, 2.45) is 5.73 Å². The molecule has 0 aromatic heterocycles. The maximum absolute atomic E-state index is 5.76. The molecule has 0 amide bonds. The lowest BCUT2D eigenvalue weighted by Crippen LogP contribution is -2.39. The Morgan fingerprint density at radius 1 is 1.27 bits per heavy atom. The lowest BCUT2D eigenvalue weighted by Gasteiger charge is -2.33. The van der Waals surface area contributed by atoms with Crippen molar-refractivity contribution in [2.75, 3.05) is 38.1 Å². The molecule has 22 heavy (non-hydrogen) atoms. The van der Waals surface area contributed by atoms with Gasteiger partial charge in [0.25, 0.3) is 0 Å².